The van der Waals surface area contributed by atoms with Crippen molar-refractivity contribution in [1.29, 1.82) is 0 Å². The summed E-state index contributed by atoms with van der Waals surface area (Å²) in [7, 11) is -2.84. The van der Waals surface area contributed by atoms with Gasteiger partial charge in [0, 0.05) is 18.4 Å². The summed E-state index contributed by atoms with van der Waals surface area (Å²) < 4.78 is 22.0. The number of carbonyl (C=O) groups is 1. The lowest BCUT2D eigenvalue weighted by Gasteiger charge is -2.02. The van der Waals surface area contributed by atoms with Gasteiger partial charge in [-0.05, 0) is 0 Å². The van der Waals surface area contributed by atoms with E-state index < -0.39 is 9.84 Å². The summed E-state index contributed by atoms with van der Waals surface area (Å²) in [6, 6.07) is -0.0903. The minimum Gasteiger partial charge on any atom is -0.352 e. The molecule has 62 valence electrons. The van der Waals surface area contributed by atoms with Crippen LogP contribution in [-0.2, 0) is 14.6 Å². The normalized spacial score (nSPS) is 40.2. The van der Waals surface area contributed by atoms with E-state index in [2.05, 4.69) is 5.32 Å². The van der Waals surface area contributed by atoms with Crippen molar-refractivity contribution in [3.63, 3.8) is 0 Å². The summed E-state index contributed by atoms with van der Waals surface area (Å²) in [5.74, 6) is 0.377. The van der Waals surface area contributed by atoms with Crippen molar-refractivity contribution in [2.24, 2.45) is 5.92 Å². The van der Waals surface area contributed by atoms with E-state index in [0.717, 1.165) is 0 Å². The average molecular weight is 175 g/mol. The maximum atomic E-state index is 11.0. The van der Waals surface area contributed by atoms with Crippen LogP contribution in [0.25, 0.3) is 0 Å². The van der Waals surface area contributed by atoms with E-state index in [-0.39, 0.29) is 29.4 Å². The minimum absolute atomic E-state index is 0.00472. The van der Waals surface area contributed by atoms with Gasteiger partial charge in [0.1, 0.15) is 0 Å². The van der Waals surface area contributed by atoms with Crippen molar-refractivity contribution in [3.8, 4) is 0 Å². The fraction of sp³-hybridized carbons (Fsp3) is 0.833. The molecule has 2 saturated heterocycles. The summed E-state index contributed by atoms with van der Waals surface area (Å²) in [6.45, 7) is 0. The van der Waals surface area contributed by atoms with E-state index in [9.17, 15) is 13.2 Å². The molecule has 0 spiro atoms. The highest BCUT2D eigenvalue weighted by Gasteiger charge is 2.43. The zero-order valence-corrected chi connectivity index (χ0v) is 6.73. The molecule has 0 aliphatic carbocycles. The monoisotopic (exact) mass is 175 g/mol. The number of hydrogen-bond acceptors (Lipinski definition) is 3. The van der Waals surface area contributed by atoms with Crippen LogP contribution >= 0.6 is 0 Å². The van der Waals surface area contributed by atoms with Gasteiger partial charge in [-0.25, -0.2) is 8.42 Å². The van der Waals surface area contributed by atoms with Crippen LogP contribution in [0.15, 0.2) is 0 Å². The molecule has 2 aliphatic rings. The van der Waals surface area contributed by atoms with Crippen LogP contribution in [-0.4, -0.2) is 31.9 Å². The molecule has 2 fully saturated rings. The Balaban J connectivity index is 2.22. The molecular weight excluding hydrogens is 166 g/mol. The fourth-order valence-electron chi connectivity index (χ4n) is 1.78. The van der Waals surface area contributed by atoms with Crippen LogP contribution in [0.5, 0.6) is 0 Å². The van der Waals surface area contributed by atoms with Crippen molar-refractivity contribution >= 4 is 15.7 Å². The van der Waals surface area contributed by atoms with Crippen molar-refractivity contribution in [2.75, 3.05) is 11.5 Å². The number of nitrogens with one attached hydrogen (secondary N) is 1. The zero-order valence-electron chi connectivity index (χ0n) is 5.91. The predicted molar refractivity (Wildman–Crippen MR) is 38.7 cm³/mol. The quantitative estimate of drug-likeness (QED) is 0.509. The van der Waals surface area contributed by atoms with Crippen molar-refractivity contribution in [2.45, 2.75) is 12.5 Å². The maximum absolute atomic E-state index is 11.0. The van der Waals surface area contributed by atoms with Crippen LogP contribution in [0, 0.1) is 5.92 Å². The summed E-state index contributed by atoms with van der Waals surface area (Å²) in [5.41, 5.74) is 0. The summed E-state index contributed by atoms with van der Waals surface area (Å²) in [5, 5.41) is 2.65. The maximum Gasteiger partial charge on any atom is 0.220 e. The highest BCUT2D eigenvalue weighted by molar-refractivity contribution is 7.91. The first kappa shape index (κ1) is 7.09. The molecule has 1 amide bonds. The smallest absolute Gasteiger partial charge is 0.220 e. The molecule has 11 heavy (non-hydrogen) atoms. The van der Waals surface area contributed by atoms with Crippen LogP contribution in [0.1, 0.15) is 6.42 Å². The Morgan fingerprint density at radius 3 is 2.73 bits per heavy atom. The average Bonchev–Trinajstić information content (AvgIpc) is 2.17. The fourth-order valence-corrected chi connectivity index (χ4v) is 3.83. The molecule has 0 aromatic carbocycles. The number of fused-ring (bicyclic) bond motifs is 1. The zero-order chi connectivity index (χ0) is 8.06. The van der Waals surface area contributed by atoms with E-state index in [1.54, 1.807) is 0 Å². The second-order valence-electron chi connectivity index (χ2n) is 3.22. The topological polar surface area (TPSA) is 63.2 Å². The van der Waals surface area contributed by atoms with Crippen molar-refractivity contribution in [1.82, 2.24) is 5.32 Å². The molecule has 0 aromatic rings. The summed E-state index contributed by atoms with van der Waals surface area (Å²) >= 11 is 0. The van der Waals surface area contributed by atoms with Crippen LogP contribution in [0.2, 0.25) is 0 Å². The largest absolute Gasteiger partial charge is 0.352 e. The number of amides is 1. The first-order valence-corrected chi connectivity index (χ1v) is 5.39. The third kappa shape index (κ3) is 1.13. The molecule has 2 aliphatic heterocycles. The molecule has 0 radical (unpaired) electrons. The second kappa shape index (κ2) is 1.97. The van der Waals surface area contributed by atoms with Gasteiger partial charge in [-0.1, -0.05) is 0 Å². The molecule has 1 N–H and O–H groups in total. The van der Waals surface area contributed by atoms with Gasteiger partial charge in [-0.3, -0.25) is 4.79 Å². The molecule has 2 heterocycles. The molecule has 0 unspecified atom stereocenters. The van der Waals surface area contributed by atoms with Gasteiger partial charge in [-0.15, -0.1) is 0 Å². The van der Waals surface area contributed by atoms with Gasteiger partial charge in [0.2, 0.25) is 5.91 Å². The van der Waals surface area contributed by atoms with Gasteiger partial charge in [0.15, 0.2) is 9.84 Å². The molecule has 0 bridgehead atoms. The number of rotatable bonds is 0. The summed E-state index contributed by atoms with van der Waals surface area (Å²) in [4.78, 5) is 10.8. The Morgan fingerprint density at radius 1 is 1.36 bits per heavy atom. The van der Waals surface area contributed by atoms with Gasteiger partial charge >= 0.3 is 0 Å². The number of carbonyl (C=O) groups excluding carboxylic acids is 1. The van der Waals surface area contributed by atoms with Gasteiger partial charge in [-0.2, -0.15) is 0 Å². The van der Waals surface area contributed by atoms with Gasteiger partial charge in [0.25, 0.3) is 0 Å². The molecular formula is C6H9NO3S. The van der Waals surface area contributed by atoms with Crippen LogP contribution in [0.4, 0.5) is 0 Å². The predicted octanol–water partition coefficient (Wildman–Crippen LogP) is -1.08. The van der Waals surface area contributed by atoms with Gasteiger partial charge in [0.05, 0.1) is 11.5 Å². The second-order valence-corrected chi connectivity index (χ2v) is 5.37. The Morgan fingerprint density at radius 2 is 2.09 bits per heavy atom. The molecule has 2 rings (SSSR count). The highest BCUT2D eigenvalue weighted by Crippen LogP contribution is 2.26. The van der Waals surface area contributed by atoms with E-state index in [0.29, 0.717) is 6.42 Å². The Kier molecular flexibility index (Phi) is 1.27. The Bertz CT molecular complexity index is 273. The van der Waals surface area contributed by atoms with E-state index >= 15 is 0 Å². The van der Waals surface area contributed by atoms with E-state index in [1.807, 2.05) is 0 Å². The molecule has 0 aromatic heterocycles. The lowest BCUT2D eigenvalue weighted by Crippen LogP contribution is -2.29. The third-order valence-electron chi connectivity index (χ3n) is 2.26. The number of sulfone groups is 1. The first-order valence-electron chi connectivity index (χ1n) is 3.57. The minimum atomic E-state index is -2.84. The standard InChI is InChI=1S/C6H9NO3S/c8-6-1-4-2-11(9,10)3-5(4)7-6/h4-5H,1-3H2,(H,7,8)/t4-,5+/m0/s1. The molecule has 0 saturated carbocycles. The highest BCUT2D eigenvalue weighted by atomic mass is 32.2. The molecule has 4 nitrogen and oxygen atoms in total. The number of hydrogen-bond donors (Lipinski definition) is 1. The van der Waals surface area contributed by atoms with E-state index in [1.165, 1.54) is 0 Å². The Labute approximate surface area is 64.9 Å². The molecule has 2 atom stereocenters. The van der Waals surface area contributed by atoms with Gasteiger partial charge < -0.3 is 5.32 Å². The Hall–Kier alpha value is -0.580. The van der Waals surface area contributed by atoms with E-state index in [4.69, 9.17) is 0 Å². The van der Waals surface area contributed by atoms with Crippen molar-refractivity contribution < 1.29 is 13.2 Å². The van der Waals surface area contributed by atoms with Crippen LogP contribution < -0.4 is 5.32 Å². The SMILES string of the molecule is O=C1C[C@H]2CS(=O)(=O)C[C@H]2N1. The van der Waals surface area contributed by atoms with Crippen LogP contribution in [0.3, 0.4) is 0 Å². The molecule has 5 heteroatoms. The lowest BCUT2D eigenvalue weighted by molar-refractivity contribution is -0.119. The first-order chi connectivity index (χ1) is 5.07. The third-order valence-corrected chi connectivity index (χ3v) is 4.07. The van der Waals surface area contributed by atoms with Crippen molar-refractivity contribution in [3.05, 3.63) is 0 Å². The lowest BCUT2D eigenvalue weighted by atomic mass is 10.1. The summed E-state index contributed by atoms with van der Waals surface area (Å²) in [6.07, 6.45) is 0.393.